The maximum atomic E-state index is 12.8. The number of carbonyl (C=O) groups is 2. The molecule has 0 radical (unpaired) electrons. The Morgan fingerprint density at radius 2 is 1.84 bits per heavy atom. The van der Waals surface area contributed by atoms with Gasteiger partial charge in [0, 0.05) is 28.7 Å². The van der Waals surface area contributed by atoms with E-state index in [1.54, 1.807) is 36.4 Å². The Balaban J connectivity index is 1.25. The maximum absolute atomic E-state index is 12.8. The number of esters is 1. The number of aromatic nitrogens is 1. The Labute approximate surface area is 181 Å². The molecule has 0 saturated heterocycles. The van der Waals surface area contributed by atoms with Crippen LogP contribution in [0.3, 0.4) is 0 Å². The topological polar surface area (TPSA) is 86.9 Å². The lowest BCUT2D eigenvalue weighted by atomic mass is 10.1. The number of para-hydroxylation sites is 1. The molecule has 3 aromatic carbocycles. The molecule has 0 spiro atoms. The molecule has 0 unspecified atom stereocenters. The Kier molecular flexibility index (Phi) is 4.01. The van der Waals surface area contributed by atoms with Crippen molar-refractivity contribution in [3.05, 3.63) is 89.3 Å². The molecule has 0 saturated carbocycles. The number of fused-ring (bicyclic) bond motifs is 3. The smallest absolute Gasteiger partial charge is 0.343 e. The van der Waals surface area contributed by atoms with Crippen LogP contribution in [0, 0.1) is 0 Å². The number of rotatable bonds is 3. The number of nitrogens with one attached hydrogen (secondary N) is 1. The van der Waals surface area contributed by atoms with E-state index in [0.29, 0.717) is 28.4 Å². The highest BCUT2D eigenvalue weighted by Crippen LogP contribution is 2.36. The predicted molar refractivity (Wildman–Crippen MR) is 115 cm³/mol. The molecule has 3 heterocycles. The van der Waals surface area contributed by atoms with E-state index in [2.05, 4.69) is 4.98 Å². The van der Waals surface area contributed by atoms with Crippen LogP contribution in [0.1, 0.15) is 26.3 Å². The molecular formula is C25H15NO6. The molecule has 4 aromatic rings. The van der Waals surface area contributed by atoms with Crippen molar-refractivity contribution in [2.75, 3.05) is 6.79 Å². The van der Waals surface area contributed by atoms with Crippen LogP contribution in [0.4, 0.5) is 0 Å². The number of aromatic amines is 1. The van der Waals surface area contributed by atoms with Gasteiger partial charge in [-0.3, -0.25) is 4.79 Å². The summed E-state index contributed by atoms with van der Waals surface area (Å²) < 4.78 is 21.8. The van der Waals surface area contributed by atoms with Crippen molar-refractivity contribution in [2.24, 2.45) is 0 Å². The van der Waals surface area contributed by atoms with Gasteiger partial charge in [0.2, 0.25) is 12.6 Å². The summed E-state index contributed by atoms with van der Waals surface area (Å²) >= 11 is 0. The predicted octanol–water partition coefficient (Wildman–Crippen LogP) is 4.73. The first-order valence-corrected chi connectivity index (χ1v) is 9.92. The molecule has 7 nitrogen and oxygen atoms in total. The zero-order valence-corrected chi connectivity index (χ0v) is 16.6. The number of benzene rings is 3. The summed E-state index contributed by atoms with van der Waals surface area (Å²) in [4.78, 5) is 28.5. The quantitative estimate of drug-likeness (QED) is 0.290. The number of H-pyrrole nitrogens is 1. The highest BCUT2D eigenvalue weighted by atomic mass is 16.7. The Bertz CT molecular complexity index is 1450. The summed E-state index contributed by atoms with van der Waals surface area (Å²) in [5.74, 6) is 1.13. The number of hydrogen-bond acceptors (Lipinski definition) is 6. The Morgan fingerprint density at radius 1 is 0.969 bits per heavy atom. The van der Waals surface area contributed by atoms with E-state index in [4.69, 9.17) is 18.9 Å². The van der Waals surface area contributed by atoms with Gasteiger partial charge in [0.1, 0.15) is 11.5 Å². The second kappa shape index (κ2) is 7.02. The van der Waals surface area contributed by atoms with Crippen molar-refractivity contribution in [3.8, 4) is 23.0 Å². The van der Waals surface area contributed by atoms with Gasteiger partial charge in [-0.05, 0) is 42.5 Å². The van der Waals surface area contributed by atoms with Gasteiger partial charge < -0.3 is 23.9 Å². The minimum atomic E-state index is -0.554. The first-order valence-electron chi connectivity index (χ1n) is 9.92. The highest BCUT2D eigenvalue weighted by molar-refractivity contribution is 6.15. The molecule has 0 aliphatic carbocycles. The van der Waals surface area contributed by atoms with Gasteiger partial charge >= 0.3 is 5.97 Å². The summed E-state index contributed by atoms with van der Waals surface area (Å²) in [6.07, 6.45) is 3.54. The third-order valence-corrected chi connectivity index (χ3v) is 5.37. The normalized spacial score (nSPS) is 15.1. The van der Waals surface area contributed by atoms with Crippen LogP contribution in [-0.4, -0.2) is 23.5 Å². The molecule has 0 amide bonds. The molecule has 156 valence electrons. The molecule has 32 heavy (non-hydrogen) atoms. The fraction of sp³-hybridized carbons (Fsp3) is 0.0400. The zero-order valence-electron chi connectivity index (χ0n) is 16.6. The van der Waals surface area contributed by atoms with E-state index >= 15 is 0 Å². The van der Waals surface area contributed by atoms with Crippen LogP contribution in [0.15, 0.2) is 72.6 Å². The molecule has 2 aliphatic rings. The Morgan fingerprint density at radius 3 is 2.78 bits per heavy atom. The maximum Gasteiger partial charge on any atom is 0.343 e. The number of ketones is 1. The number of ether oxygens (including phenoxy) is 4. The largest absolute Gasteiger partial charge is 0.454 e. The van der Waals surface area contributed by atoms with Crippen LogP contribution in [0.25, 0.3) is 17.0 Å². The fourth-order valence-electron chi connectivity index (χ4n) is 3.77. The van der Waals surface area contributed by atoms with Gasteiger partial charge in [0.05, 0.1) is 11.1 Å². The van der Waals surface area contributed by atoms with Crippen molar-refractivity contribution >= 4 is 28.7 Å². The molecule has 0 atom stereocenters. The van der Waals surface area contributed by atoms with Gasteiger partial charge in [0.25, 0.3) is 0 Å². The lowest BCUT2D eigenvalue weighted by Gasteiger charge is -2.06. The molecule has 7 heteroatoms. The van der Waals surface area contributed by atoms with Gasteiger partial charge in [0.15, 0.2) is 17.3 Å². The fourth-order valence-corrected chi connectivity index (χ4v) is 3.77. The van der Waals surface area contributed by atoms with Crippen molar-refractivity contribution in [1.82, 2.24) is 4.98 Å². The van der Waals surface area contributed by atoms with Crippen LogP contribution >= 0.6 is 0 Å². The minimum Gasteiger partial charge on any atom is -0.454 e. The van der Waals surface area contributed by atoms with E-state index < -0.39 is 5.97 Å². The van der Waals surface area contributed by atoms with Crippen molar-refractivity contribution in [1.29, 1.82) is 0 Å². The van der Waals surface area contributed by atoms with Crippen LogP contribution in [0.5, 0.6) is 23.0 Å². The van der Waals surface area contributed by atoms with E-state index in [0.717, 1.165) is 16.5 Å². The van der Waals surface area contributed by atoms with Crippen LogP contribution < -0.4 is 18.9 Å². The van der Waals surface area contributed by atoms with E-state index in [1.165, 1.54) is 6.07 Å². The third kappa shape index (κ3) is 2.99. The van der Waals surface area contributed by atoms with Gasteiger partial charge in [-0.25, -0.2) is 4.79 Å². The van der Waals surface area contributed by atoms with Gasteiger partial charge in [-0.2, -0.15) is 0 Å². The van der Waals surface area contributed by atoms with Crippen molar-refractivity contribution in [2.45, 2.75) is 0 Å². The van der Waals surface area contributed by atoms with Gasteiger partial charge in [-0.15, -0.1) is 0 Å². The summed E-state index contributed by atoms with van der Waals surface area (Å²) in [5, 5.41) is 0.991. The minimum absolute atomic E-state index is 0.123. The number of allylic oxidation sites excluding steroid dienone is 1. The van der Waals surface area contributed by atoms with E-state index in [9.17, 15) is 9.59 Å². The van der Waals surface area contributed by atoms with Crippen LogP contribution in [-0.2, 0) is 0 Å². The molecule has 1 aromatic heterocycles. The number of carbonyl (C=O) groups excluding carboxylic acids is 2. The molecular weight excluding hydrogens is 410 g/mol. The lowest BCUT2D eigenvalue weighted by Crippen LogP contribution is -2.08. The SMILES string of the molecule is O=C(Oc1ccc2c(c1)OC(=Cc1c[nH]c3ccccc13)C2=O)c1ccc2c(c1)OCO2. The number of Topliss-reactive ketones (excluding diaryl/α,β-unsaturated/α-hetero) is 1. The first kappa shape index (κ1) is 18.3. The first-order chi connectivity index (χ1) is 15.7. The van der Waals surface area contributed by atoms with E-state index in [1.807, 2.05) is 30.5 Å². The monoisotopic (exact) mass is 425 g/mol. The summed E-state index contributed by atoms with van der Waals surface area (Å²) in [6, 6.07) is 17.3. The average molecular weight is 425 g/mol. The third-order valence-electron chi connectivity index (χ3n) is 5.37. The molecule has 0 fully saturated rings. The summed E-state index contributed by atoms with van der Waals surface area (Å²) in [5.41, 5.74) is 2.57. The Hall–Kier alpha value is -4.52. The van der Waals surface area contributed by atoms with Crippen LogP contribution in [0.2, 0.25) is 0 Å². The van der Waals surface area contributed by atoms with E-state index in [-0.39, 0.29) is 24.1 Å². The molecule has 2 aliphatic heterocycles. The summed E-state index contributed by atoms with van der Waals surface area (Å²) in [6.45, 7) is 0.123. The second-order valence-electron chi connectivity index (χ2n) is 7.34. The zero-order chi connectivity index (χ0) is 21.7. The number of hydrogen-bond donors (Lipinski definition) is 1. The molecule has 6 rings (SSSR count). The highest BCUT2D eigenvalue weighted by Gasteiger charge is 2.28. The molecule has 0 bridgehead atoms. The standard InChI is InChI=1S/C25H15NO6/c27-24-18-7-6-16(31-25(28)14-5-8-20-22(9-14)30-13-29-20)11-21(18)32-23(24)10-15-12-26-19-4-2-1-3-17(15)19/h1-12,26H,13H2. The summed E-state index contributed by atoms with van der Waals surface area (Å²) in [7, 11) is 0. The van der Waals surface area contributed by atoms with Crippen molar-refractivity contribution in [3.63, 3.8) is 0 Å². The average Bonchev–Trinajstić information content (AvgIpc) is 3.52. The van der Waals surface area contributed by atoms with Crippen molar-refractivity contribution < 1.29 is 28.5 Å². The second-order valence-corrected chi connectivity index (χ2v) is 7.34. The molecule has 1 N–H and O–H groups in total. The lowest BCUT2D eigenvalue weighted by molar-refractivity contribution is 0.0734. The van der Waals surface area contributed by atoms with Gasteiger partial charge in [-0.1, -0.05) is 18.2 Å².